The maximum atomic E-state index is 3.68. The highest BCUT2D eigenvalue weighted by atomic mass is 32.1. The predicted octanol–water partition coefficient (Wildman–Crippen LogP) is 4.71. The highest BCUT2D eigenvalue weighted by Gasteiger charge is 2.15. The van der Waals surface area contributed by atoms with E-state index in [0.29, 0.717) is 6.04 Å². The molecule has 0 radical (unpaired) electrons. The molecule has 0 aliphatic rings. The minimum Gasteiger partial charge on any atom is -0.306 e. The maximum absolute atomic E-state index is 3.68. The molecule has 2 rings (SSSR count). The summed E-state index contributed by atoms with van der Waals surface area (Å²) in [4.78, 5) is 2.89. The Labute approximate surface area is 120 Å². The summed E-state index contributed by atoms with van der Waals surface area (Å²) in [5.41, 5.74) is 2.70. The maximum Gasteiger partial charge on any atom is 0.0671 e. The average Bonchev–Trinajstić information content (AvgIpc) is 2.88. The molecule has 1 aromatic heterocycles. The fourth-order valence-corrected chi connectivity index (χ4v) is 3.32. The molecule has 1 unspecified atom stereocenters. The molecule has 1 nitrogen and oxygen atoms in total. The molecule has 1 aromatic carbocycles. The molecule has 0 saturated carbocycles. The van der Waals surface area contributed by atoms with Crippen LogP contribution in [0, 0.1) is 6.92 Å². The van der Waals surface area contributed by atoms with Gasteiger partial charge in [-0.3, -0.25) is 0 Å². The minimum absolute atomic E-state index is 0.338. The van der Waals surface area contributed by atoms with Crippen molar-refractivity contribution in [2.24, 2.45) is 0 Å². The summed E-state index contributed by atoms with van der Waals surface area (Å²) in [5, 5.41) is 3.68. The van der Waals surface area contributed by atoms with E-state index >= 15 is 0 Å². The zero-order chi connectivity index (χ0) is 13.7. The summed E-state index contributed by atoms with van der Waals surface area (Å²) >= 11 is 1.93. The van der Waals surface area contributed by atoms with Crippen LogP contribution < -0.4 is 5.32 Å². The Morgan fingerprint density at radius 1 is 1.16 bits per heavy atom. The van der Waals surface area contributed by atoms with Gasteiger partial charge in [-0.25, -0.2) is 0 Å². The predicted molar refractivity (Wildman–Crippen MR) is 85.0 cm³/mol. The first-order valence-electron chi connectivity index (χ1n) is 7.13. The summed E-state index contributed by atoms with van der Waals surface area (Å²) < 4.78 is 0. The summed E-state index contributed by atoms with van der Waals surface area (Å²) in [6, 6.07) is 13.7. The van der Waals surface area contributed by atoms with Crippen LogP contribution in [-0.2, 0) is 6.42 Å². The molecule has 2 aromatic rings. The van der Waals surface area contributed by atoms with E-state index < -0.39 is 0 Å². The molecule has 2 heteroatoms. The van der Waals surface area contributed by atoms with Crippen molar-refractivity contribution in [2.45, 2.75) is 39.7 Å². The molecule has 0 aliphatic heterocycles. The summed E-state index contributed by atoms with van der Waals surface area (Å²) in [7, 11) is 0. The van der Waals surface area contributed by atoms with Crippen molar-refractivity contribution in [3.05, 3.63) is 57.3 Å². The molecule has 0 bridgehead atoms. The number of benzene rings is 1. The zero-order valence-electron chi connectivity index (χ0n) is 12.1. The molecule has 1 atom stereocenters. The van der Waals surface area contributed by atoms with Gasteiger partial charge >= 0.3 is 0 Å². The Hall–Kier alpha value is -1.12. The van der Waals surface area contributed by atoms with Gasteiger partial charge in [0.25, 0.3) is 0 Å². The van der Waals surface area contributed by atoms with Crippen molar-refractivity contribution in [2.75, 3.05) is 6.54 Å². The second-order valence-electron chi connectivity index (χ2n) is 4.96. The highest BCUT2D eigenvalue weighted by Crippen LogP contribution is 2.29. The Kier molecular flexibility index (Phi) is 5.17. The quantitative estimate of drug-likeness (QED) is 0.804. The Balaban J connectivity index is 2.29. The topological polar surface area (TPSA) is 12.0 Å². The van der Waals surface area contributed by atoms with E-state index in [-0.39, 0.29) is 0 Å². The van der Waals surface area contributed by atoms with E-state index in [9.17, 15) is 0 Å². The van der Waals surface area contributed by atoms with Crippen molar-refractivity contribution < 1.29 is 0 Å². The van der Waals surface area contributed by atoms with Gasteiger partial charge in [0.2, 0.25) is 0 Å². The van der Waals surface area contributed by atoms with Crippen molar-refractivity contribution in [3.8, 4) is 0 Å². The third-order valence-electron chi connectivity index (χ3n) is 3.29. The molecule has 102 valence electrons. The van der Waals surface area contributed by atoms with E-state index in [0.717, 1.165) is 19.4 Å². The standard InChI is InChI=1S/C17H23NS/c1-4-11-18-17(14-8-6-7-13(3)12-14)16-10-9-15(5-2)19-16/h6-10,12,17-18H,4-5,11H2,1-3H3. The van der Waals surface area contributed by atoms with Crippen LogP contribution in [0.25, 0.3) is 0 Å². The van der Waals surface area contributed by atoms with Crippen molar-refractivity contribution >= 4 is 11.3 Å². The molecule has 0 aliphatic carbocycles. The van der Waals surface area contributed by atoms with E-state index in [1.54, 1.807) is 0 Å². The van der Waals surface area contributed by atoms with Gasteiger partial charge in [-0.1, -0.05) is 43.7 Å². The monoisotopic (exact) mass is 273 g/mol. The van der Waals surface area contributed by atoms with Crippen LogP contribution in [0.2, 0.25) is 0 Å². The van der Waals surface area contributed by atoms with Crippen LogP contribution in [-0.4, -0.2) is 6.54 Å². The second-order valence-corrected chi connectivity index (χ2v) is 6.16. The second kappa shape index (κ2) is 6.88. The molecular weight excluding hydrogens is 250 g/mol. The lowest BCUT2D eigenvalue weighted by molar-refractivity contribution is 0.605. The van der Waals surface area contributed by atoms with Gasteiger partial charge in [-0.05, 0) is 44.0 Å². The van der Waals surface area contributed by atoms with Crippen molar-refractivity contribution in [1.29, 1.82) is 0 Å². The number of hydrogen-bond donors (Lipinski definition) is 1. The molecule has 19 heavy (non-hydrogen) atoms. The van der Waals surface area contributed by atoms with Gasteiger partial charge < -0.3 is 5.32 Å². The first kappa shape index (κ1) is 14.3. The van der Waals surface area contributed by atoms with Crippen LogP contribution in [0.15, 0.2) is 36.4 Å². The van der Waals surface area contributed by atoms with Crippen molar-refractivity contribution in [3.63, 3.8) is 0 Å². The number of hydrogen-bond acceptors (Lipinski definition) is 2. The molecule has 0 saturated heterocycles. The third-order valence-corrected chi connectivity index (χ3v) is 4.58. The van der Waals surface area contributed by atoms with Crippen molar-refractivity contribution in [1.82, 2.24) is 5.32 Å². The van der Waals surface area contributed by atoms with E-state index in [1.807, 2.05) is 11.3 Å². The molecular formula is C17H23NS. The van der Waals surface area contributed by atoms with Gasteiger partial charge in [0.15, 0.2) is 0 Å². The molecule has 0 spiro atoms. The molecule has 1 heterocycles. The Morgan fingerprint density at radius 2 is 2.00 bits per heavy atom. The highest BCUT2D eigenvalue weighted by molar-refractivity contribution is 7.12. The van der Waals surface area contributed by atoms with Gasteiger partial charge in [-0.15, -0.1) is 11.3 Å². The van der Waals surface area contributed by atoms with Gasteiger partial charge in [0.05, 0.1) is 6.04 Å². The Morgan fingerprint density at radius 3 is 2.63 bits per heavy atom. The number of aryl methyl sites for hydroxylation is 2. The van der Waals surface area contributed by atoms with Gasteiger partial charge in [-0.2, -0.15) is 0 Å². The summed E-state index contributed by atoms with van der Waals surface area (Å²) in [6.07, 6.45) is 2.29. The van der Waals surface area contributed by atoms with Crippen LogP contribution in [0.4, 0.5) is 0 Å². The number of nitrogens with one attached hydrogen (secondary N) is 1. The van der Waals surface area contributed by atoms with Gasteiger partial charge in [0.1, 0.15) is 0 Å². The third kappa shape index (κ3) is 3.68. The average molecular weight is 273 g/mol. The number of thiophene rings is 1. The van der Waals surface area contributed by atoms with E-state index in [1.165, 1.54) is 20.9 Å². The zero-order valence-corrected chi connectivity index (χ0v) is 12.9. The SMILES string of the molecule is CCCNC(c1cccc(C)c1)c1ccc(CC)s1. The van der Waals surface area contributed by atoms with E-state index in [2.05, 4.69) is 62.5 Å². The molecule has 0 fully saturated rings. The lowest BCUT2D eigenvalue weighted by atomic mass is 10.0. The smallest absolute Gasteiger partial charge is 0.0671 e. The van der Waals surface area contributed by atoms with E-state index in [4.69, 9.17) is 0 Å². The minimum atomic E-state index is 0.338. The summed E-state index contributed by atoms with van der Waals surface area (Å²) in [5.74, 6) is 0. The van der Waals surface area contributed by atoms with Crippen LogP contribution in [0.5, 0.6) is 0 Å². The lowest BCUT2D eigenvalue weighted by Gasteiger charge is -2.18. The van der Waals surface area contributed by atoms with Crippen LogP contribution >= 0.6 is 11.3 Å². The van der Waals surface area contributed by atoms with Crippen LogP contribution in [0.1, 0.15) is 47.2 Å². The lowest BCUT2D eigenvalue weighted by Crippen LogP contribution is -2.22. The van der Waals surface area contributed by atoms with Gasteiger partial charge in [0, 0.05) is 9.75 Å². The first-order chi connectivity index (χ1) is 9.24. The number of rotatable bonds is 6. The fraction of sp³-hybridized carbons (Fsp3) is 0.412. The largest absolute Gasteiger partial charge is 0.306 e. The molecule has 0 amide bonds. The Bertz CT molecular complexity index is 515. The summed E-state index contributed by atoms with van der Waals surface area (Å²) in [6.45, 7) is 7.65. The normalized spacial score (nSPS) is 12.6. The fourth-order valence-electron chi connectivity index (χ4n) is 2.26. The molecule has 1 N–H and O–H groups in total. The first-order valence-corrected chi connectivity index (χ1v) is 7.94. The van der Waals surface area contributed by atoms with Crippen LogP contribution in [0.3, 0.4) is 0 Å².